The van der Waals surface area contributed by atoms with E-state index in [1.54, 1.807) is 0 Å². The molecule has 1 saturated heterocycles. The van der Waals surface area contributed by atoms with Crippen LogP contribution in [-0.2, 0) is 4.74 Å². The summed E-state index contributed by atoms with van der Waals surface area (Å²) >= 11 is 0. The van der Waals surface area contributed by atoms with Gasteiger partial charge in [0.2, 0.25) is 0 Å². The highest BCUT2D eigenvalue weighted by molar-refractivity contribution is 4.88. The van der Waals surface area contributed by atoms with Crippen LogP contribution in [0.1, 0.15) is 33.6 Å². The van der Waals surface area contributed by atoms with E-state index in [2.05, 4.69) is 26.1 Å². The van der Waals surface area contributed by atoms with Gasteiger partial charge in [-0.15, -0.1) is 0 Å². The van der Waals surface area contributed by atoms with E-state index < -0.39 is 0 Å². The zero-order chi connectivity index (χ0) is 8.32. The monoisotopic (exact) mass is 157 g/mol. The van der Waals surface area contributed by atoms with Gasteiger partial charge in [-0.05, 0) is 20.3 Å². The largest absolute Gasteiger partial charge is 0.373 e. The standard InChI is InChI=1S/C9H19NO/c1-4-5-8-9(2,3)11-7-6-10-8/h8,10H,4-7H2,1-3H3. The van der Waals surface area contributed by atoms with Crippen molar-refractivity contribution in [1.82, 2.24) is 5.32 Å². The second kappa shape index (κ2) is 3.55. The van der Waals surface area contributed by atoms with Gasteiger partial charge in [-0.25, -0.2) is 0 Å². The summed E-state index contributed by atoms with van der Waals surface area (Å²) in [5.74, 6) is 0. The summed E-state index contributed by atoms with van der Waals surface area (Å²) in [5, 5.41) is 3.49. The van der Waals surface area contributed by atoms with Gasteiger partial charge in [0, 0.05) is 12.6 Å². The van der Waals surface area contributed by atoms with Gasteiger partial charge in [0.05, 0.1) is 12.2 Å². The Morgan fingerprint density at radius 2 is 2.27 bits per heavy atom. The summed E-state index contributed by atoms with van der Waals surface area (Å²) in [6, 6.07) is 0.543. The lowest BCUT2D eigenvalue weighted by atomic mass is 9.93. The molecule has 1 aliphatic heterocycles. The van der Waals surface area contributed by atoms with Crippen molar-refractivity contribution in [2.45, 2.75) is 45.3 Å². The molecule has 0 radical (unpaired) electrons. The van der Waals surface area contributed by atoms with Gasteiger partial charge in [-0.2, -0.15) is 0 Å². The van der Waals surface area contributed by atoms with Gasteiger partial charge in [0.1, 0.15) is 0 Å². The Kier molecular flexibility index (Phi) is 2.90. The Labute approximate surface area is 69.3 Å². The molecule has 11 heavy (non-hydrogen) atoms. The third-order valence-corrected chi connectivity index (χ3v) is 2.38. The number of morpholine rings is 1. The minimum atomic E-state index is 0.0360. The summed E-state index contributed by atoms with van der Waals surface area (Å²) < 4.78 is 5.67. The van der Waals surface area contributed by atoms with Crippen LogP contribution in [0.2, 0.25) is 0 Å². The van der Waals surface area contributed by atoms with Crippen LogP contribution < -0.4 is 5.32 Å². The van der Waals surface area contributed by atoms with E-state index in [0.29, 0.717) is 6.04 Å². The van der Waals surface area contributed by atoms with E-state index in [-0.39, 0.29) is 5.60 Å². The molecule has 1 rings (SSSR count). The lowest BCUT2D eigenvalue weighted by Crippen LogP contribution is -2.54. The highest BCUT2D eigenvalue weighted by atomic mass is 16.5. The van der Waals surface area contributed by atoms with Crippen molar-refractivity contribution in [3.05, 3.63) is 0 Å². The van der Waals surface area contributed by atoms with Crippen LogP contribution in [0, 0.1) is 0 Å². The molecule has 1 atom stereocenters. The predicted molar refractivity (Wildman–Crippen MR) is 46.7 cm³/mol. The van der Waals surface area contributed by atoms with Gasteiger partial charge < -0.3 is 10.1 Å². The normalized spacial score (nSPS) is 30.3. The van der Waals surface area contributed by atoms with Crippen LogP contribution in [0.5, 0.6) is 0 Å². The predicted octanol–water partition coefficient (Wildman–Crippen LogP) is 1.55. The highest BCUT2D eigenvalue weighted by Gasteiger charge is 2.31. The lowest BCUT2D eigenvalue weighted by Gasteiger charge is -2.39. The maximum Gasteiger partial charge on any atom is 0.0779 e. The third-order valence-electron chi connectivity index (χ3n) is 2.38. The Hall–Kier alpha value is -0.0800. The van der Waals surface area contributed by atoms with Crippen LogP contribution >= 0.6 is 0 Å². The molecule has 0 aromatic heterocycles. The number of nitrogens with one attached hydrogen (secondary N) is 1. The van der Waals surface area contributed by atoms with Gasteiger partial charge in [-0.3, -0.25) is 0 Å². The van der Waals surface area contributed by atoms with Gasteiger partial charge in [0.15, 0.2) is 0 Å². The minimum Gasteiger partial charge on any atom is -0.373 e. The molecule has 0 aromatic rings. The first kappa shape index (κ1) is 9.01. The molecule has 1 heterocycles. The SMILES string of the molecule is CCCC1NCCOC1(C)C. The Bertz CT molecular complexity index is 121. The van der Waals surface area contributed by atoms with Crippen LogP contribution in [0.3, 0.4) is 0 Å². The fourth-order valence-corrected chi connectivity index (χ4v) is 1.63. The second-order valence-corrected chi connectivity index (χ2v) is 3.75. The second-order valence-electron chi connectivity index (χ2n) is 3.75. The third kappa shape index (κ3) is 2.17. The molecule has 1 aliphatic rings. The molecule has 0 spiro atoms. The molecular formula is C9H19NO. The van der Waals surface area contributed by atoms with E-state index in [4.69, 9.17) is 4.74 Å². The molecule has 0 aliphatic carbocycles. The minimum absolute atomic E-state index is 0.0360. The first-order valence-electron chi connectivity index (χ1n) is 4.54. The van der Waals surface area contributed by atoms with Crippen molar-refractivity contribution < 1.29 is 4.74 Å². The van der Waals surface area contributed by atoms with E-state index in [9.17, 15) is 0 Å². The van der Waals surface area contributed by atoms with Gasteiger partial charge in [0.25, 0.3) is 0 Å². The van der Waals surface area contributed by atoms with Gasteiger partial charge in [-0.1, -0.05) is 13.3 Å². The quantitative estimate of drug-likeness (QED) is 0.656. The average Bonchev–Trinajstić information content (AvgIpc) is 1.94. The van der Waals surface area contributed by atoms with Crippen molar-refractivity contribution in [1.29, 1.82) is 0 Å². The number of rotatable bonds is 2. The first-order chi connectivity index (χ1) is 5.17. The zero-order valence-corrected chi connectivity index (χ0v) is 7.81. The molecule has 1 unspecified atom stereocenters. The molecule has 0 saturated carbocycles. The average molecular weight is 157 g/mol. The molecule has 0 aromatic carbocycles. The van der Waals surface area contributed by atoms with Crippen molar-refractivity contribution in [2.75, 3.05) is 13.2 Å². The number of hydrogen-bond acceptors (Lipinski definition) is 2. The van der Waals surface area contributed by atoms with E-state index in [0.717, 1.165) is 13.2 Å². The lowest BCUT2D eigenvalue weighted by molar-refractivity contribution is -0.0728. The van der Waals surface area contributed by atoms with Crippen LogP contribution in [0.15, 0.2) is 0 Å². The summed E-state index contributed by atoms with van der Waals surface area (Å²) in [5.41, 5.74) is 0.0360. The molecular weight excluding hydrogens is 138 g/mol. The van der Waals surface area contributed by atoms with E-state index in [1.807, 2.05) is 0 Å². The summed E-state index contributed by atoms with van der Waals surface area (Å²) in [7, 11) is 0. The molecule has 0 amide bonds. The fourth-order valence-electron chi connectivity index (χ4n) is 1.63. The van der Waals surface area contributed by atoms with Crippen molar-refractivity contribution in [3.8, 4) is 0 Å². The van der Waals surface area contributed by atoms with Crippen LogP contribution in [0.25, 0.3) is 0 Å². The Morgan fingerprint density at radius 3 is 2.82 bits per heavy atom. The van der Waals surface area contributed by atoms with E-state index >= 15 is 0 Å². The molecule has 1 N–H and O–H groups in total. The van der Waals surface area contributed by atoms with Gasteiger partial charge >= 0.3 is 0 Å². The maximum absolute atomic E-state index is 5.67. The first-order valence-corrected chi connectivity index (χ1v) is 4.54. The molecule has 66 valence electrons. The summed E-state index contributed by atoms with van der Waals surface area (Å²) in [6.45, 7) is 8.41. The Morgan fingerprint density at radius 1 is 1.55 bits per heavy atom. The summed E-state index contributed by atoms with van der Waals surface area (Å²) in [6.07, 6.45) is 2.44. The maximum atomic E-state index is 5.67. The fraction of sp³-hybridized carbons (Fsp3) is 1.00. The Balaban J connectivity index is 2.45. The zero-order valence-electron chi connectivity index (χ0n) is 7.81. The molecule has 1 fully saturated rings. The van der Waals surface area contributed by atoms with Crippen LogP contribution in [0.4, 0.5) is 0 Å². The smallest absolute Gasteiger partial charge is 0.0779 e. The molecule has 2 nitrogen and oxygen atoms in total. The summed E-state index contributed by atoms with van der Waals surface area (Å²) in [4.78, 5) is 0. The number of ether oxygens (including phenoxy) is 1. The van der Waals surface area contributed by atoms with Crippen molar-refractivity contribution in [2.24, 2.45) is 0 Å². The van der Waals surface area contributed by atoms with Crippen molar-refractivity contribution >= 4 is 0 Å². The van der Waals surface area contributed by atoms with E-state index in [1.165, 1.54) is 12.8 Å². The number of hydrogen-bond donors (Lipinski definition) is 1. The molecule has 2 heteroatoms. The topological polar surface area (TPSA) is 21.3 Å². The van der Waals surface area contributed by atoms with Crippen LogP contribution in [-0.4, -0.2) is 24.8 Å². The highest BCUT2D eigenvalue weighted by Crippen LogP contribution is 2.21. The van der Waals surface area contributed by atoms with Crippen molar-refractivity contribution in [3.63, 3.8) is 0 Å². The molecule has 0 bridgehead atoms.